The number of allylic oxidation sites excluding steroid dienone is 1. The molecule has 8 atom stereocenters. The second kappa shape index (κ2) is 8.81. The van der Waals surface area contributed by atoms with Crippen molar-refractivity contribution in [3.8, 4) is 0 Å². The smallest absolute Gasteiger partial charge is 0.248 e. The van der Waals surface area contributed by atoms with Crippen LogP contribution >= 0.6 is 17.1 Å². The van der Waals surface area contributed by atoms with Crippen molar-refractivity contribution in [3.05, 3.63) is 30.5 Å². The molecule has 3 aliphatic heterocycles. The molecule has 0 amide bonds. The summed E-state index contributed by atoms with van der Waals surface area (Å²) in [5.41, 5.74) is 0.936. The van der Waals surface area contributed by atoms with Gasteiger partial charge in [0.25, 0.3) is 0 Å². The third-order valence-electron chi connectivity index (χ3n) is 7.78. The van der Waals surface area contributed by atoms with Crippen molar-refractivity contribution < 1.29 is 23.3 Å². The molecule has 2 unspecified atom stereocenters. The number of imidazole rings is 1. The first-order chi connectivity index (χ1) is 17.0. The standard InChI is InChI=1S/C24H33N4O5PS2/c1-13(2)15-7-8-24(6)17(9-15)33-34(35,36-24)29-10-16-19-20(32-23(4,5)31-19)22(30-16)28-12-27-18-14(3)25-11-26-21(18)28/h11-12,15-17,19-20,22H,1,7-10H2,2-6H3/t15-,16+,17?,19+,20+,22+,24+,34?/m0/s1. The first-order valence-electron chi connectivity index (χ1n) is 12.4. The summed E-state index contributed by atoms with van der Waals surface area (Å²) >= 11 is 7.71. The Morgan fingerprint density at radius 3 is 2.83 bits per heavy atom. The number of hydrogen-bond donors (Lipinski definition) is 0. The highest BCUT2D eigenvalue weighted by Crippen LogP contribution is 2.75. The van der Waals surface area contributed by atoms with Gasteiger partial charge in [-0.05, 0) is 71.6 Å². The van der Waals surface area contributed by atoms with E-state index in [1.165, 1.54) is 11.9 Å². The first kappa shape index (κ1) is 25.4. The molecule has 1 saturated carbocycles. The minimum atomic E-state index is -2.54. The van der Waals surface area contributed by atoms with Crippen molar-refractivity contribution >= 4 is 40.0 Å². The lowest BCUT2D eigenvalue weighted by molar-refractivity contribution is -0.198. The number of aromatic nitrogens is 4. The van der Waals surface area contributed by atoms with E-state index in [2.05, 4.69) is 35.4 Å². The summed E-state index contributed by atoms with van der Waals surface area (Å²) < 4.78 is 33.8. The molecule has 9 nitrogen and oxygen atoms in total. The largest absolute Gasteiger partial charge is 0.347 e. The molecular weight excluding hydrogens is 519 g/mol. The molecule has 3 saturated heterocycles. The Hall–Kier alpha value is -0.910. The van der Waals surface area contributed by atoms with Crippen LogP contribution in [-0.2, 0) is 35.1 Å². The van der Waals surface area contributed by atoms with E-state index in [0.29, 0.717) is 11.6 Å². The number of ether oxygens (including phenoxy) is 3. The minimum absolute atomic E-state index is 0.0225. The number of fused-ring (bicyclic) bond motifs is 3. The van der Waals surface area contributed by atoms with Gasteiger partial charge in [0.05, 0.1) is 24.7 Å². The van der Waals surface area contributed by atoms with Crippen LogP contribution in [0.1, 0.15) is 58.9 Å². The normalized spacial score (nSPS) is 41.5. The van der Waals surface area contributed by atoms with Gasteiger partial charge >= 0.3 is 0 Å². The molecule has 2 aromatic heterocycles. The molecule has 0 radical (unpaired) electrons. The number of aryl methyl sites for hydroxylation is 1. The zero-order chi connectivity index (χ0) is 25.5. The second-order valence-electron chi connectivity index (χ2n) is 11.0. The molecule has 36 heavy (non-hydrogen) atoms. The van der Waals surface area contributed by atoms with E-state index in [1.54, 1.807) is 17.7 Å². The fraction of sp³-hybridized carbons (Fsp3) is 0.708. The lowest BCUT2D eigenvalue weighted by Gasteiger charge is -2.37. The topological polar surface area (TPSA) is 89.8 Å². The Morgan fingerprint density at radius 1 is 1.28 bits per heavy atom. The van der Waals surface area contributed by atoms with Crippen molar-refractivity contribution in [1.82, 2.24) is 19.5 Å². The molecule has 12 heteroatoms. The molecule has 1 aliphatic carbocycles. The molecule has 0 N–H and O–H groups in total. The highest BCUT2D eigenvalue weighted by atomic mass is 32.9. The Labute approximate surface area is 220 Å². The Kier molecular flexibility index (Phi) is 6.21. The van der Waals surface area contributed by atoms with E-state index in [0.717, 1.165) is 30.5 Å². The maximum absolute atomic E-state index is 6.49. The van der Waals surface area contributed by atoms with Gasteiger partial charge in [-0.15, -0.1) is 0 Å². The van der Waals surface area contributed by atoms with E-state index in [4.69, 9.17) is 35.1 Å². The zero-order valence-electron chi connectivity index (χ0n) is 21.2. The lowest BCUT2D eigenvalue weighted by atomic mass is 9.77. The van der Waals surface area contributed by atoms with Gasteiger partial charge in [-0.25, -0.2) is 15.0 Å². The van der Waals surface area contributed by atoms with Gasteiger partial charge < -0.3 is 23.3 Å². The quantitative estimate of drug-likeness (QED) is 0.370. The van der Waals surface area contributed by atoms with Crippen LogP contribution in [0.4, 0.5) is 0 Å². The first-order valence-corrected chi connectivity index (χ1v) is 16.5. The molecule has 4 aliphatic rings. The second-order valence-corrected chi connectivity index (χ2v) is 17.6. The van der Waals surface area contributed by atoms with Crippen LogP contribution in [0.15, 0.2) is 24.8 Å². The SMILES string of the molecule is C=C(C)[C@H]1CC[C@@]2(C)SP(=S)(OC[C@H]3O[C@@H](n4cnc5c(C)ncnc54)[C@@H]4OC(C)(C)O[C@@H]43)OC2C1. The third kappa shape index (κ3) is 4.29. The molecule has 6 rings (SSSR count). The number of nitrogens with zero attached hydrogens (tertiary/aromatic N) is 4. The number of rotatable bonds is 5. The van der Waals surface area contributed by atoms with Gasteiger partial charge in [0.2, 0.25) is 5.69 Å². The van der Waals surface area contributed by atoms with Gasteiger partial charge in [0.1, 0.15) is 30.2 Å². The van der Waals surface area contributed by atoms with Gasteiger partial charge in [-0.2, -0.15) is 0 Å². The lowest BCUT2D eigenvalue weighted by Crippen LogP contribution is -2.39. The van der Waals surface area contributed by atoms with Crippen molar-refractivity contribution in [1.29, 1.82) is 0 Å². The summed E-state index contributed by atoms with van der Waals surface area (Å²) in [7, 11) is 0. The van der Waals surface area contributed by atoms with Crippen molar-refractivity contribution in [2.45, 2.75) is 95.1 Å². The third-order valence-corrected chi connectivity index (χ3v) is 13.6. The van der Waals surface area contributed by atoms with Crippen LogP contribution in [-0.4, -0.2) is 61.1 Å². The molecule has 2 aromatic rings. The van der Waals surface area contributed by atoms with Crippen molar-refractivity contribution in [3.63, 3.8) is 0 Å². The fourth-order valence-corrected chi connectivity index (χ4v) is 12.9. The summed E-state index contributed by atoms with van der Waals surface area (Å²) in [6, 6.07) is 0. The van der Waals surface area contributed by atoms with Gasteiger partial charge in [0, 0.05) is 4.75 Å². The fourth-order valence-electron chi connectivity index (χ4n) is 5.78. The van der Waals surface area contributed by atoms with Gasteiger partial charge in [-0.1, -0.05) is 23.5 Å². The molecule has 0 spiro atoms. The number of hydrogen-bond acceptors (Lipinski definition) is 10. The van der Waals surface area contributed by atoms with Crippen LogP contribution in [0.5, 0.6) is 0 Å². The van der Waals surface area contributed by atoms with Crippen molar-refractivity contribution in [2.24, 2.45) is 5.92 Å². The average Bonchev–Trinajstić information content (AvgIpc) is 3.51. The van der Waals surface area contributed by atoms with E-state index < -0.39 is 17.7 Å². The van der Waals surface area contributed by atoms with E-state index in [-0.39, 0.29) is 35.8 Å². The molecular formula is C24H33N4O5PS2. The summed E-state index contributed by atoms with van der Waals surface area (Å²) in [6.45, 7) is 14.6. The van der Waals surface area contributed by atoms with Crippen LogP contribution in [0.2, 0.25) is 0 Å². The average molecular weight is 553 g/mol. The van der Waals surface area contributed by atoms with Gasteiger partial charge in [0.15, 0.2) is 17.7 Å². The monoisotopic (exact) mass is 552 g/mol. The van der Waals surface area contributed by atoms with Crippen LogP contribution < -0.4 is 0 Å². The maximum Gasteiger partial charge on any atom is 0.248 e. The minimum Gasteiger partial charge on any atom is -0.347 e. The Balaban J connectivity index is 1.21. The van der Waals surface area contributed by atoms with Crippen LogP contribution in [0, 0.1) is 12.8 Å². The molecule has 0 aromatic carbocycles. The van der Waals surface area contributed by atoms with Crippen LogP contribution in [0.3, 0.4) is 0 Å². The molecule has 0 bridgehead atoms. The maximum atomic E-state index is 6.49. The summed E-state index contributed by atoms with van der Waals surface area (Å²) in [5, 5.41) is 0. The highest BCUT2D eigenvalue weighted by molar-refractivity contribution is 8.68. The van der Waals surface area contributed by atoms with Gasteiger partial charge in [-0.3, -0.25) is 4.57 Å². The summed E-state index contributed by atoms with van der Waals surface area (Å²) in [6.07, 6.45) is 4.99. The molecule has 5 heterocycles. The van der Waals surface area contributed by atoms with E-state index in [1.807, 2.05) is 25.3 Å². The van der Waals surface area contributed by atoms with E-state index >= 15 is 0 Å². The van der Waals surface area contributed by atoms with Crippen LogP contribution in [0.25, 0.3) is 11.2 Å². The Bertz CT molecular complexity index is 1260. The van der Waals surface area contributed by atoms with E-state index in [9.17, 15) is 0 Å². The zero-order valence-corrected chi connectivity index (χ0v) is 23.8. The van der Waals surface area contributed by atoms with Crippen molar-refractivity contribution in [2.75, 3.05) is 6.61 Å². The molecule has 196 valence electrons. The molecule has 4 fully saturated rings. The predicted octanol–water partition coefficient (Wildman–Crippen LogP) is 5.06. The predicted molar refractivity (Wildman–Crippen MR) is 141 cm³/mol. The Morgan fingerprint density at radius 2 is 2.06 bits per heavy atom. The summed E-state index contributed by atoms with van der Waals surface area (Å²) in [5.74, 6) is -0.260. The highest BCUT2D eigenvalue weighted by Gasteiger charge is 2.58. The summed E-state index contributed by atoms with van der Waals surface area (Å²) in [4.78, 5) is 13.2.